The Morgan fingerprint density at radius 3 is 1.86 bits per heavy atom. The summed E-state index contributed by atoms with van der Waals surface area (Å²) >= 11 is 0. The van der Waals surface area contributed by atoms with Gasteiger partial charge in [0.15, 0.2) is 0 Å². The number of hydrogen-bond donors (Lipinski definition) is 0. The summed E-state index contributed by atoms with van der Waals surface area (Å²) in [5, 5.41) is 2.18. The second-order valence-electron chi connectivity index (χ2n) is 20.2. The van der Waals surface area contributed by atoms with Crippen molar-refractivity contribution in [2.75, 3.05) is 0 Å². The van der Waals surface area contributed by atoms with Crippen LogP contribution in [-0.4, -0.2) is 20.8 Å². The first kappa shape index (κ1) is 43.4. The number of para-hydroxylation sites is 3. The molecule has 9 aromatic carbocycles. The molecule has 0 fully saturated rings. The van der Waals surface area contributed by atoms with Gasteiger partial charge < -0.3 is 14.2 Å². The lowest BCUT2D eigenvalue weighted by molar-refractivity contribution is -0.598. The lowest BCUT2D eigenvalue weighted by atomic mass is 9.35. The highest BCUT2D eigenvalue weighted by atomic mass is 16.5. The van der Waals surface area contributed by atoms with Crippen LogP contribution in [0.5, 0.6) is 34.5 Å². The van der Waals surface area contributed by atoms with E-state index in [-0.39, 0.29) is 12.1 Å². The van der Waals surface area contributed by atoms with Gasteiger partial charge in [0, 0.05) is 40.9 Å². The molecule has 0 spiro atoms. The molecule has 2 aliphatic heterocycles. The largest absolute Gasteiger partial charge is 0.458 e. The van der Waals surface area contributed by atoms with Gasteiger partial charge in [-0.05, 0) is 134 Å². The van der Waals surface area contributed by atoms with Gasteiger partial charge in [-0.25, -0.2) is 4.98 Å². The van der Waals surface area contributed by atoms with Crippen LogP contribution in [-0.2, 0) is 5.41 Å². The van der Waals surface area contributed by atoms with Crippen LogP contribution >= 0.6 is 0 Å². The van der Waals surface area contributed by atoms with E-state index in [0.717, 1.165) is 112 Å². The first-order valence-corrected chi connectivity index (χ1v) is 25.1. The van der Waals surface area contributed by atoms with Crippen LogP contribution in [0.1, 0.15) is 26.3 Å². The fourth-order valence-corrected chi connectivity index (χ4v) is 11.0. The van der Waals surface area contributed by atoms with Crippen LogP contribution in [0.2, 0.25) is 0 Å². The molecule has 0 unspecified atom stereocenters. The van der Waals surface area contributed by atoms with Gasteiger partial charge in [-0.3, -0.25) is 13.7 Å². The number of aromatic nitrogens is 4. The molecule has 7 nitrogen and oxygen atoms in total. The predicted molar refractivity (Wildman–Crippen MR) is 297 cm³/mol. The molecule has 0 aliphatic carbocycles. The number of benzene rings is 9. The fraction of sp³-hybridized carbons (Fsp3) is 0.0606. The Hall–Kier alpha value is -9.40. The molecule has 8 heteroatoms. The van der Waals surface area contributed by atoms with E-state index in [1.165, 1.54) is 5.56 Å². The summed E-state index contributed by atoms with van der Waals surface area (Å²) < 4.78 is 26.6. The standard InChI is InChI=1S/C66H47BN4O3/c1-66(2,3)47-32-33-68-63(39-47)71-57-31-28-45(46-37-61-64-62(38-46)74-60-27-13-11-25-56(60)67(64)55-24-10-12-26-59(55)73-61)36-54(57)53-30-29-50(41-58(53)71)72-49-21-14-20-48(40-49)69-34-35-70(42-69)65-51(43-16-6-4-7-17-43)22-15-23-52(65)44-18-8-5-9-19-44/h4-41H,1-3H3. The number of ether oxygens (including phenoxy) is 3. The lowest BCUT2D eigenvalue weighted by Gasteiger charge is -2.33. The molecule has 0 saturated heterocycles. The molecule has 0 amide bonds. The number of hydrogen-bond acceptors (Lipinski definition) is 4. The van der Waals surface area contributed by atoms with Crippen molar-refractivity contribution in [2.24, 2.45) is 0 Å². The molecule has 0 radical (unpaired) electrons. The van der Waals surface area contributed by atoms with Gasteiger partial charge in [-0.2, -0.15) is 0 Å². The maximum absolute atomic E-state index is 6.80. The second-order valence-corrected chi connectivity index (χ2v) is 20.2. The van der Waals surface area contributed by atoms with E-state index >= 15 is 0 Å². The van der Waals surface area contributed by atoms with E-state index in [9.17, 15) is 0 Å². The van der Waals surface area contributed by atoms with Crippen LogP contribution in [0, 0.1) is 6.33 Å². The number of nitrogens with zero attached hydrogens (tertiary/aromatic N) is 4. The summed E-state index contributed by atoms with van der Waals surface area (Å²) in [6.07, 6.45) is 9.67. The Bertz CT molecular complexity index is 4050. The van der Waals surface area contributed by atoms with Crippen molar-refractivity contribution in [3.63, 3.8) is 0 Å². The van der Waals surface area contributed by atoms with Crippen LogP contribution in [0.15, 0.2) is 231 Å². The summed E-state index contributed by atoms with van der Waals surface area (Å²) in [5.41, 5.74) is 15.0. The highest BCUT2D eigenvalue weighted by Gasteiger charge is 2.40. The van der Waals surface area contributed by atoms with Crippen molar-refractivity contribution in [3.05, 3.63) is 243 Å². The van der Waals surface area contributed by atoms with Gasteiger partial charge >= 0.3 is 0 Å². The number of pyridine rings is 1. The van der Waals surface area contributed by atoms with Gasteiger partial charge in [0.2, 0.25) is 0 Å². The third-order valence-corrected chi connectivity index (χ3v) is 14.6. The van der Waals surface area contributed by atoms with Crippen molar-refractivity contribution >= 4 is 44.9 Å². The van der Waals surface area contributed by atoms with Crippen LogP contribution in [0.3, 0.4) is 0 Å². The average Bonchev–Trinajstić information content (AvgIpc) is 4.06. The highest BCUT2D eigenvalue weighted by Crippen LogP contribution is 2.42. The molecular formula is C66H47BN4O3. The molecule has 0 saturated carbocycles. The molecule has 0 bridgehead atoms. The van der Waals surface area contributed by atoms with E-state index < -0.39 is 0 Å². The van der Waals surface area contributed by atoms with E-state index in [1.807, 2.05) is 41.2 Å². The topological polar surface area (TPSA) is 54.3 Å². The molecule has 352 valence electrons. The van der Waals surface area contributed by atoms with E-state index in [1.54, 1.807) is 0 Å². The monoisotopic (exact) mass is 954 g/mol. The second kappa shape index (κ2) is 17.1. The summed E-state index contributed by atoms with van der Waals surface area (Å²) in [7, 11) is 0. The Morgan fingerprint density at radius 2 is 1.18 bits per heavy atom. The highest BCUT2D eigenvalue weighted by molar-refractivity contribution is 6.98. The molecule has 14 rings (SSSR count). The third-order valence-electron chi connectivity index (χ3n) is 14.6. The Kier molecular flexibility index (Phi) is 10.1. The molecule has 0 atom stereocenters. The van der Waals surface area contributed by atoms with Crippen molar-refractivity contribution in [3.8, 4) is 85.1 Å². The molecule has 12 aromatic rings. The summed E-state index contributed by atoms with van der Waals surface area (Å²) in [6.45, 7) is 6.72. The normalized spacial score (nSPS) is 12.4. The van der Waals surface area contributed by atoms with Gasteiger partial charge in [0.1, 0.15) is 40.3 Å². The maximum atomic E-state index is 6.80. The number of fused-ring (bicyclic) bond motifs is 7. The fourth-order valence-electron chi connectivity index (χ4n) is 11.0. The van der Waals surface area contributed by atoms with Gasteiger partial charge in [0.25, 0.3) is 13.0 Å². The van der Waals surface area contributed by atoms with Gasteiger partial charge in [0.05, 0.1) is 22.4 Å². The van der Waals surface area contributed by atoms with Gasteiger partial charge in [-0.1, -0.05) is 148 Å². The van der Waals surface area contributed by atoms with Crippen LogP contribution in [0.25, 0.3) is 72.4 Å². The summed E-state index contributed by atoms with van der Waals surface area (Å²) in [6, 6.07) is 74.1. The number of imidazole rings is 1. The zero-order valence-corrected chi connectivity index (χ0v) is 41.0. The van der Waals surface area contributed by atoms with Crippen molar-refractivity contribution < 1.29 is 18.8 Å². The first-order chi connectivity index (χ1) is 36.3. The van der Waals surface area contributed by atoms with E-state index in [0.29, 0.717) is 11.5 Å². The summed E-state index contributed by atoms with van der Waals surface area (Å²) in [4.78, 5) is 5.01. The lowest BCUT2D eigenvalue weighted by Crippen LogP contribution is -2.57. The minimum atomic E-state index is -0.0777. The molecule has 74 heavy (non-hydrogen) atoms. The predicted octanol–water partition coefficient (Wildman–Crippen LogP) is 13.9. The molecular weight excluding hydrogens is 908 g/mol. The molecule has 0 N–H and O–H groups in total. The van der Waals surface area contributed by atoms with Crippen molar-refractivity contribution in [1.29, 1.82) is 0 Å². The van der Waals surface area contributed by atoms with Gasteiger partial charge in [-0.15, -0.1) is 0 Å². The first-order valence-electron chi connectivity index (χ1n) is 25.1. The molecule has 3 aromatic heterocycles. The quantitative estimate of drug-likeness (QED) is 0.0865. The molecule has 5 heterocycles. The van der Waals surface area contributed by atoms with Crippen LogP contribution < -0.4 is 35.2 Å². The smallest absolute Gasteiger partial charge is 0.268 e. The van der Waals surface area contributed by atoms with Crippen molar-refractivity contribution in [2.45, 2.75) is 26.2 Å². The zero-order chi connectivity index (χ0) is 49.5. The minimum Gasteiger partial charge on any atom is -0.458 e. The minimum absolute atomic E-state index is 0.0146. The van der Waals surface area contributed by atoms with Crippen LogP contribution in [0.4, 0.5) is 0 Å². The Balaban J connectivity index is 0.847. The summed E-state index contributed by atoms with van der Waals surface area (Å²) in [5.74, 6) is 5.61. The average molecular weight is 955 g/mol. The maximum Gasteiger partial charge on any atom is 0.268 e. The van der Waals surface area contributed by atoms with E-state index in [4.69, 9.17) is 19.2 Å². The van der Waals surface area contributed by atoms with Crippen molar-refractivity contribution in [1.82, 2.24) is 14.1 Å². The number of rotatable bonds is 8. The SMILES string of the molecule is CC(C)(C)c1ccnc(-n2c3ccc(-c4cc5c6c(c4)Oc4ccccc4B6c4ccccc4O5)cc3c3ccc(Oc4cccc(-n5[c-][n+](-c6c(-c7ccccc7)cccc6-c6ccccc6)cc5)c4)cc32)c1. The Labute approximate surface area is 429 Å². The zero-order valence-electron chi connectivity index (χ0n) is 41.0. The third kappa shape index (κ3) is 7.37. The van der Waals surface area contributed by atoms with E-state index in [2.05, 4.69) is 230 Å². The molecule has 2 aliphatic rings. The Morgan fingerprint density at radius 1 is 0.527 bits per heavy atom.